The van der Waals surface area contributed by atoms with Crippen LogP contribution < -0.4 is 5.56 Å². The molecule has 2 N–H and O–H groups in total. The van der Waals surface area contributed by atoms with Crippen LogP contribution >= 0.6 is 0 Å². The third-order valence-electron chi connectivity index (χ3n) is 2.45. The van der Waals surface area contributed by atoms with Crippen molar-refractivity contribution in [1.29, 1.82) is 0 Å². The van der Waals surface area contributed by atoms with E-state index in [1.54, 1.807) is 0 Å². The minimum absolute atomic E-state index is 0.258. The van der Waals surface area contributed by atoms with Crippen LogP contribution in [0.25, 0.3) is 10.5 Å². The highest BCUT2D eigenvalue weighted by atomic mass is 16.3. The van der Waals surface area contributed by atoms with Crippen LogP contribution in [0.3, 0.4) is 0 Å². The molecule has 0 bridgehead atoms. The molecule has 0 fully saturated rings. The van der Waals surface area contributed by atoms with Crippen molar-refractivity contribution in [3.8, 4) is 0 Å². The summed E-state index contributed by atoms with van der Waals surface area (Å²) in [6, 6.07) is 0. The molecule has 6 nitrogen and oxygen atoms in total. The molecule has 0 unspecified atom stereocenters. The first-order chi connectivity index (χ1) is 7.72. The van der Waals surface area contributed by atoms with Crippen molar-refractivity contribution in [2.24, 2.45) is 0 Å². The molecule has 0 saturated heterocycles. The van der Waals surface area contributed by atoms with Gasteiger partial charge in [0.2, 0.25) is 5.69 Å². The van der Waals surface area contributed by atoms with E-state index in [4.69, 9.17) is 11.7 Å². The Morgan fingerprint density at radius 2 is 2.44 bits per heavy atom. The van der Waals surface area contributed by atoms with Gasteiger partial charge < -0.3 is 10.2 Å². The standard InChI is InChI=1S/C10H10N4O2/c1-3-6-8(5-15)13-9-7(11-2)4-12-14(9)10(6)16/h4,12,15H,3,5H2,1H3. The van der Waals surface area contributed by atoms with Gasteiger partial charge in [-0.2, -0.15) is 0 Å². The number of aromatic amines is 1. The first-order valence-corrected chi connectivity index (χ1v) is 4.83. The van der Waals surface area contributed by atoms with Gasteiger partial charge in [0.25, 0.3) is 5.56 Å². The predicted molar refractivity (Wildman–Crippen MR) is 57.4 cm³/mol. The fourth-order valence-electron chi connectivity index (χ4n) is 1.65. The summed E-state index contributed by atoms with van der Waals surface area (Å²) in [4.78, 5) is 19.3. The van der Waals surface area contributed by atoms with Crippen molar-refractivity contribution in [3.05, 3.63) is 39.2 Å². The van der Waals surface area contributed by atoms with Gasteiger partial charge in [0.15, 0.2) is 5.65 Å². The molecule has 0 atom stereocenters. The SMILES string of the molecule is [C-]#[N+]c1c[nH]n2c(=O)c(CC)c(CO)nc12. The second-order valence-corrected chi connectivity index (χ2v) is 3.28. The van der Waals surface area contributed by atoms with Crippen molar-refractivity contribution >= 4 is 11.3 Å². The van der Waals surface area contributed by atoms with Crippen LogP contribution in [-0.4, -0.2) is 19.7 Å². The lowest BCUT2D eigenvalue weighted by Crippen LogP contribution is -2.22. The minimum Gasteiger partial charge on any atom is -0.390 e. The van der Waals surface area contributed by atoms with E-state index in [1.165, 1.54) is 10.7 Å². The quantitative estimate of drug-likeness (QED) is 0.726. The van der Waals surface area contributed by atoms with Crippen molar-refractivity contribution in [2.75, 3.05) is 0 Å². The Balaban J connectivity index is 2.91. The molecule has 2 heterocycles. The minimum atomic E-state index is -0.294. The Labute approximate surface area is 91.0 Å². The Morgan fingerprint density at radius 3 is 3.00 bits per heavy atom. The van der Waals surface area contributed by atoms with Crippen molar-refractivity contribution < 1.29 is 5.11 Å². The molecule has 2 rings (SSSR count). The van der Waals surface area contributed by atoms with Gasteiger partial charge in [-0.15, -0.1) is 0 Å². The molecule has 0 radical (unpaired) electrons. The van der Waals surface area contributed by atoms with E-state index in [0.717, 1.165) is 0 Å². The molecule has 82 valence electrons. The number of hydrogen-bond acceptors (Lipinski definition) is 3. The highest BCUT2D eigenvalue weighted by Crippen LogP contribution is 2.17. The van der Waals surface area contributed by atoms with E-state index in [1.807, 2.05) is 6.92 Å². The van der Waals surface area contributed by atoms with Crippen molar-refractivity contribution in [2.45, 2.75) is 20.0 Å². The fraction of sp³-hybridized carbons (Fsp3) is 0.300. The molecule has 6 heteroatoms. The molecule has 0 aliphatic rings. The van der Waals surface area contributed by atoms with Gasteiger partial charge >= 0.3 is 0 Å². The zero-order valence-electron chi connectivity index (χ0n) is 8.69. The first kappa shape index (κ1) is 10.4. The molecule has 16 heavy (non-hydrogen) atoms. The summed E-state index contributed by atoms with van der Waals surface area (Å²) in [5, 5.41) is 11.8. The van der Waals surface area contributed by atoms with Crippen LogP contribution in [0.15, 0.2) is 11.0 Å². The second-order valence-electron chi connectivity index (χ2n) is 3.28. The number of nitrogens with one attached hydrogen (secondary N) is 1. The summed E-state index contributed by atoms with van der Waals surface area (Å²) < 4.78 is 1.23. The van der Waals surface area contributed by atoms with Crippen LogP contribution in [0.5, 0.6) is 0 Å². The maximum absolute atomic E-state index is 11.9. The highest BCUT2D eigenvalue weighted by molar-refractivity contribution is 5.67. The number of H-pyrrole nitrogens is 1. The molecular formula is C10H10N4O2. The van der Waals surface area contributed by atoms with E-state index in [-0.39, 0.29) is 23.5 Å². The van der Waals surface area contributed by atoms with Gasteiger partial charge in [-0.3, -0.25) is 4.79 Å². The monoisotopic (exact) mass is 218 g/mol. The largest absolute Gasteiger partial charge is 0.390 e. The molecule has 0 aliphatic carbocycles. The van der Waals surface area contributed by atoms with Gasteiger partial charge in [-0.1, -0.05) is 6.92 Å². The number of fused-ring (bicyclic) bond motifs is 1. The van der Waals surface area contributed by atoms with Gasteiger partial charge in [-0.05, 0) is 6.42 Å². The number of hydrogen-bond donors (Lipinski definition) is 2. The molecular weight excluding hydrogens is 208 g/mol. The number of aromatic nitrogens is 3. The van der Waals surface area contributed by atoms with Crippen LogP contribution in [0, 0.1) is 6.57 Å². The second kappa shape index (κ2) is 3.79. The number of rotatable bonds is 2. The van der Waals surface area contributed by atoms with Crippen LogP contribution in [0.2, 0.25) is 0 Å². The lowest BCUT2D eigenvalue weighted by Gasteiger charge is -2.04. The Kier molecular flexibility index (Phi) is 2.46. The topological polar surface area (TPSA) is 74.8 Å². The summed E-state index contributed by atoms with van der Waals surface area (Å²) in [5.41, 5.74) is 1.09. The van der Waals surface area contributed by atoms with E-state index < -0.39 is 0 Å². The van der Waals surface area contributed by atoms with Gasteiger partial charge in [0.05, 0.1) is 18.9 Å². The zero-order chi connectivity index (χ0) is 11.7. The van der Waals surface area contributed by atoms with E-state index in [0.29, 0.717) is 17.7 Å². The zero-order valence-corrected chi connectivity index (χ0v) is 8.69. The molecule has 0 aromatic carbocycles. The predicted octanol–water partition coefficient (Wildman–Crippen LogP) is 0.628. The Hall–Kier alpha value is -2.13. The number of aliphatic hydroxyl groups excluding tert-OH is 1. The van der Waals surface area contributed by atoms with Crippen molar-refractivity contribution in [3.63, 3.8) is 0 Å². The van der Waals surface area contributed by atoms with Gasteiger partial charge in [0.1, 0.15) is 0 Å². The maximum Gasteiger partial charge on any atom is 0.274 e. The van der Waals surface area contributed by atoms with E-state index in [9.17, 15) is 4.79 Å². The Morgan fingerprint density at radius 1 is 1.69 bits per heavy atom. The summed E-state index contributed by atoms with van der Waals surface area (Å²) >= 11 is 0. The fourth-order valence-corrected chi connectivity index (χ4v) is 1.65. The summed E-state index contributed by atoms with van der Waals surface area (Å²) in [5.74, 6) is 0. The van der Waals surface area contributed by atoms with Crippen LogP contribution in [-0.2, 0) is 13.0 Å². The lowest BCUT2D eigenvalue weighted by atomic mass is 10.2. The van der Waals surface area contributed by atoms with Crippen molar-refractivity contribution in [1.82, 2.24) is 14.6 Å². The highest BCUT2D eigenvalue weighted by Gasteiger charge is 2.13. The lowest BCUT2D eigenvalue weighted by molar-refractivity contribution is 0.275. The molecule has 2 aromatic heterocycles. The van der Waals surface area contributed by atoms with E-state index in [2.05, 4.69) is 14.9 Å². The average molecular weight is 218 g/mol. The van der Waals surface area contributed by atoms with Gasteiger partial charge in [0, 0.05) is 11.8 Å². The Bertz CT molecular complexity index is 633. The van der Waals surface area contributed by atoms with Gasteiger partial charge in [-0.25, -0.2) is 14.3 Å². The first-order valence-electron chi connectivity index (χ1n) is 4.83. The summed E-state index contributed by atoms with van der Waals surface area (Å²) in [6.07, 6.45) is 1.92. The number of aliphatic hydroxyl groups is 1. The third-order valence-corrected chi connectivity index (χ3v) is 2.45. The smallest absolute Gasteiger partial charge is 0.274 e. The molecule has 0 aliphatic heterocycles. The maximum atomic E-state index is 11.9. The van der Waals surface area contributed by atoms with Crippen LogP contribution in [0.1, 0.15) is 18.2 Å². The van der Waals surface area contributed by atoms with Crippen LogP contribution in [0.4, 0.5) is 5.69 Å². The number of nitrogens with zero attached hydrogens (tertiary/aromatic N) is 3. The molecule has 0 amide bonds. The third kappa shape index (κ3) is 1.30. The molecule has 2 aromatic rings. The van der Waals surface area contributed by atoms with E-state index >= 15 is 0 Å². The summed E-state index contributed by atoms with van der Waals surface area (Å²) in [7, 11) is 0. The summed E-state index contributed by atoms with van der Waals surface area (Å²) in [6.45, 7) is 8.45. The average Bonchev–Trinajstić information content (AvgIpc) is 2.71. The normalized spacial score (nSPS) is 10.6. The molecule has 0 saturated carbocycles. The molecule has 0 spiro atoms.